The van der Waals surface area contributed by atoms with Crippen LogP contribution in [-0.2, 0) is 0 Å². The fraction of sp³-hybridized carbons (Fsp3) is 0.176. The zero-order chi connectivity index (χ0) is 12.8. The predicted molar refractivity (Wildman–Crippen MR) is 74.8 cm³/mol. The lowest BCUT2D eigenvalue weighted by Gasteiger charge is -2.10. The topological polar surface area (TPSA) is 9.23 Å². The Labute approximate surface area is 108 Å². The minimum atomic E-state index is 0.390. The molecule has 2 rings (SSSR count). The molecule has 0 saturated heterocycles. The highest BCUT2D eigenvalue weighted by molar-refractivity contribution is 5.34. The van der Waals surface area contributed by atoms with Crippen LogP contribution in [0.25, 0.3) is 0 Å². The molecular weight excluding hydrogens is 220 g/mol. The van der Waals surface area contributed by atoms with Crippen LogP contribution in [0.5, 0.6) is 11.5 Å². The highest BCUT2D eigenvalue weighted by atomic mass is 16.5. The van der Waals surface area contributed by atoms with E-state index >= 15 is 0 Å². The van der Waals surface area contributed by atoms with Crippen molar-refractivity contribution < 1.29 is 4.74 Å². The van der Waals surface area contributed by atoms with Crippen LogP contribution in [0.1, 0.15) is 24.8 Å². The highest BCUT2D eigenvalue weighted by Crippen LogP contribution is 2.24. The third-order valence-corrected chi connectivity index (χ3v) is 2.85. The molecule has 2 aromatic carbocycles. The Kier molecular flexibility index (Phi) is 4.04. The van der Waals surface area contributed by atoms with E-state index in [2.05, 4.69) is 25.0 Å². The molecular formula is C17H16O. The first kappa shape index (κ1) is 12.3. The maximum absolute atomic E-state index is 5.73. The van der Waals surface area contributed by atoms with Crippen LogP contribution in [-0.4, -0.2) is 0 Å². The summed E-state index contributed by atoms with van der Waals surface area (Å²) < 4.78 is 5.73. The van der Waals surface area contributed by atoms with Crippen LogP contribution in [0, 0.1) is 12.3 Å². The Bertz CT molecular complexity index is 520. The lowest BCUT2D eigenvalue weighted by Crippen LogP contribution is -1.92. The van der Waals surface area contributed by atoms with Gasteiger partial charge in [-0.2, -0.15) is 0 Å². The normalized spacial score (nSPS) is 11.6. The van der Waals surface area contributed by atoms with E-state index in [0.29, 0.717) is 5.92 Å². The Balaban J connectivity index is 2.07. The zero-order valence-electron chi connectivity index (χ0n) is 10.5. The molecule has 0 amide bonds. The van der Waals surface area contributed by atoms with Gasteiger partial charge in [-0.3, -0.25) is 0 Å². The Morgan fingerprint density at radius 1 is 1.00 bits per heavy atom. The molecule has 0 aliphatic heterocycles. The van der Waals surface area contributed by atoms with E-state index in [9.17, 15) is 0 Å². The van der Waals surface area contributed by atoms with Gasteiger partial charge in [0.15, 0.2) is 0 Å². The molecule has 90 valence electrons. The third kappa shape index (κ3) is 3.15. The molecule has 1 heteroatoms. The van der Waals surface area contributed by atoms with Crippen LogP contribution in [0.4, 0.5) is 0 Å². The van der Waals surface area contributed by atoms with E-state index < -0.39 is 0 Å². The Hall–Kier alpha value is -2.20. The summed E-state index contributed by atoms with van der Waals surface area (Å²) >= 11 is 0. The van der Waals surface area contributed by atoms with Crippen molar-refractivity contribution in [1.29, 1.82) is 0 Å². The highest BCUT2D eigenvalue weighted by Gasteiger charge is 2.04. The molecule has 1 unspecified atom stereocenters. The quantitative estimate of drug-likeness (QED) is 0.704. The van der Waals surface area contributed by atoms with Crippen LogP contribution in [0.3, 0.4) is 0 Å². The summed E-state index contributed by atoms with van der Waals surface area (Å²) in [5, 5.41) is 0. The van der Waals surface area contributed by atoms with E-state index in [0.717, 1.165) is 17.9 Å². The number of benzene rings is 2. The molecule has 0 saturated carbocycles. The second kappa shape index (κ2) is 5.93. The average molecular weight is 236 g/mol. The molecule has 0 aliphatic carbocycles. The Morgan fingerprint density at radius 2 is 1.61 bits per heavy atom. The Morgan fingerprint density at radius 3 is 2.22 bits per heavy atom. The van der Waals surface area contributed by atoms with Crippen molar-refractivity contribution in [2.45, 2.75) is 19.3 Å². The second-order valence-corrected chi connectivity index (χ2v) is 4.29. The molecule has 2 aromatic rings. The first-order valence-corrected chi connectivity index (χ1v) is 6.06. The van der Waals surface area contributed by atoms with E-state index in [-0.39, 0.29) is 0 Å². The van der Waals surface area contributed by atoms with Gasteiger partial charge < -0.3 is 4.74 Å². The predicted octanol–water partition coefficient (Wildman–Crippen LogP) is 4.61. The maximum Gasteiger partial charge on any atom is 0.127 e. The summed E-state index contributed by atoms with van der Waals surface area (Å²) in [7, 11) is 0. The van der Waals surface area contributed by atoms with Gasteiger partial charge in [0.05, 0.1) is 0 Å². The molecule has 0 aliphatic rings. The van der Waals surface area contributed by atoms with Crippen molar-refractivity contribution >= 4 is 0 Å². The monoisotopic (exact) mass is 236 g/mol. The molecule has 0 aromatic heterocycles. The minimum Gasteiger partial charge on any atom is -0.457 e. The van der Waals surface area contributed by atoms with Crippen molar-refractivity contribution in [2.75, 3.05) is 0 Å². The molecule has 1 nitrogen and oxygen atoms in total. The standard InChI is InChI=1S/C17H16O/c1-3-7-14(2)15-10-12-17(13-11-15)18-16-8-5-4-6-9-16/h1,4-6,8-14H,7H2,2H3. The molecule has 0 fully saturated rings. The van der Waals surface area contributed by atoms with E-state index in [1.165, 1.54) is 5.56 Å². The van der Waals surface area contributed by atoms with Crippen molar-refractivity contribution in [3.05, 3.63) is 60.2 Å². The number of para-hydroxylation sites is 1. The van der Waals surface area contributed by atoms with Crippen LogP contribution in [0.15, 0.2) is 54.6 Å². The van der Waals surface area contributed by atoms with Gasteiger partial charge in [0.25, 0.3) is 0 Å². The lowest BCUT2D eigenvalue weighted by molar-refractivity contribution is 0.482. The van der Waals surface area contributed by atoms with Gasteiger partial charge in [0.2, 0.25) is 0 Å². The van der Waals surface area contributed by atoms with Crippen molar-refractivity contribution in [3.63, 3.8) is 0 Å². The van der Waals surface area contributed by atoms with Gasteiger partial charge in [-0.1, -0.05) is 37.3 Å². The third-order valence-electron chi connectivity index (χ3n) is 2.85. The van der Waals surface area contributed by atoms with Gasteiger partial charge in [0.1, 0.15) is 11.5 Å². The smallest absolute Gasteiger partial charge is 0.127 e. The first-order valence-electron chi connectivity index (χ1n) is 6.06. The SMILES string of the molecule is C#CCC(C)c1ccc(Oc2ccccc2)cc1. The van der Waals surface area contributed by atoms with Gasteiger partial charge >= 0.3 is 0 Å². The number of rotatable bonds is 4. The summed E-state index contributed by atoms with van der Waals surface area (Å²) in [6.07, 6.45) is 6.09. The molecule has 0 bridgehead atoms. The molecule has 1 atom stereocenters. The van der Waals surface area contributed by atoms with Crippen molar-refractivity contribution in [1.82, 2.24) is 0 Å². The number of terminal acetylenes is 1. The zero-order valence-corrected chi connectivity index (χ0v) is 10.5. The largest absolute Gasteiger partial charge is 0.457 e. The van der Waals surface area contributed by atoms with Gasteiger partial charge in [-0.15, -0.1) is 12.3 Å². The van der Waals surface area contributed by atoms with Crippen LogP contribution in [0.2, 0.25) is 0 Å². The fourth-order valence-corrected chi connectivity index (χ4v) is 1.78. The lowest BCUT2D eigenvalue weighted by atomic mass is 9.98. The minimum absolute atomic E-state index is 0.390. The maximum atomic E-state index is 5.73. The summed E-state index contributed by atoms with van der Waals surface area (Å²) in [6.45, 7) is 2.13. The number of ether oxygens (including phenoxy) is 1. The number of hydrogen-bond donors (Lipinski definition) is 0. The van der Waals surface area contributed by atoms with Crippen molar-refractivity contribution in [3.8, 4) is 23.8 Å². The molecule has 0 radical (unpaired) electrons. The van der Waals surface area contributed by atoms with E-state index in [1.807, 2.05) is 42.5 Å². The summed E-state index contributed by atoms with van der Waals surface area (Å²) in [5.74, 6) is 4.77. The molecule has 18 heavy (non-hydrogen) atoms. The second-order valence-electron chi connectivity index (χ2n) is 4.29. The fourth-order valence-electron chi connectivity index (χ4n) is 1.78. The summed E-state index contributed by atoms with van der Waals surface area (Å²) in [5.41, 5.74) is 1.24. The summed E-state index contributed by atoms with van der Waals surface area (Å²) in [4.78, 5) is 0. The summed E-state index contributed by atoms with van der Waals surface area (Å²) in [6, 6.07) is 17.9. The molecule has 0 N–H and O–H groups in total. The van der Waals surface area contributed by atoms with Gasteiger partial charge in [0, 0.05) is 6.42 Å². The van der Waals surface area contributed by atoms with Crippen LogP contribution < -0.4 is 4.74 Å². The molecule has 0 heterocycles. The first-order chi connectivity index (χ1) is 8.79. The van der Waals surface area contributed by atoms with Crippen LogP contribution >= 0.6 is 0 Å². The van der Waals surface area contributed by atoms with E-state index in [1.54, 1.807) is 0 Å². The van der Waals surface area contributed by atoms with E-state index in [4.69, 9.17) is 11.2 Å². The van der Waals surface area contributed by atoms with Crippen molar-refractivity contribution in [2.24, 2.45) is 0 Å². The van der Waals surface area contributed by atoms with Gasteiger partial charge in [-0.05, 0) is 35.7 Å². The number of hydrogen-bond acceptors (Lipinski definition) is 1. The average Bonchev–Trinajstić information content (AvgIpc) is 2.41. The molecule has 0 spiro atoms. The van der Waals surface area contributed by atoms with Gasteiger partial charge in [-0.25, -0.2) is 0 Å².